The van der Waals surface area contributed by atoms with Crippen LogP contribution < -0.4 is 11.1 Å². The van der Waals surface area contributed by atoms with Crippen molar-refractivity contribution in [3.05, 3.63) is 24.0 Å². The Labute approximate surface area is 66.6 Å². The molecule has 3 heteroatoms. The largest absolute Gasteiger partial charge is 0.397 e. The third kappa shape index (κ3) is 1.68. The molecule has 0 aliphatic carbocycles. The minimum atomic E-state index is 0.290. The molecule has 0 spiro atoms. The molecule has 0 aromatic carbocycles. The second kappa shape index (κ2) is 3.34. The molecule has 0 aliphatic heterocycles. The summed E-state index contributed by atoms with van der Waals surface area (Å²) < 4.78 is 0. The van der Waals surface area contributed by atoms with Gasteiger partial charge in [0, 0.05) is 12.2 Å². The average Bonchev–Trinajstić information content (AvgIpc) is 2.04. The van der Waals surface area contributed by atoms with E-state index in [0.717, 1.165) is 11.3 Å². The van der Waals surface area contributed by atoms with E-state index in [1.807, 2.05) is 13.1 Å². The lowest BCUT2D eigenvalue weighted by atomic mass is 10.1. The number of nitrogens with zero attached hydrogens (tertiary/aromatic N) is 1. The van der Waals surface area contributed by atoms with Crippen LogP contribution in [0.25, 0.3) is 0 Å². The van der Waals surface area contributed by atoms with Gasteiger partial charge in [0.2, 0.25) is 0 Å². The molecule has 3 nitrogen and oxygen atoms in total. The molecular formula is C8H13N3. The van der Waals surface area contributed by atoms with Gasteiger partial charge in [0.15, 0.2) is 0 Å². The SMILES string of the molecule is CN[C@@H](C)c1ccncc1N. The summed E-state index contributed by atoms with van der Waals surface area (Å²) in [7, 11) is 1.91. The van der Waals surface area contributed by atoms with Crippen LogP contribution in [0.3, 0.4) is 0 Å². The van der Waals surface area contributed by atoms with Gasteiger partial charge in [0.05, 0.1) is 11.9 Å². The minimum Gasteiger partial charge on any atom is -0.397 e. The summed E-state index contributed by atoms with van der Waals surface area (Å²) >= 11 is 0. The number of rotatable bonds is 2. The van der Waals surface area contributed by atoms with Crippen LogP contribution in [0.5, 0.6) is 0 Å². The Morgan fingerprint density at radius 2 is 2.36 bits per heavy atom. The van der Waals surface area contributed by atoms with E-state index in [0.29, 0.717) is 0 Å². The summed E-state index contributed by atoms with van der Waals surface area (Å²) in [4.78, 5) is 3.91. The van der Waals surface area contributed by atoms with Crippen molar-refractivity contribution >= 4 is 5.69 Å². The van der Waals surface area contributed by atoms with Crippen molar-refractivity contribution in [2.45, 2.75) is 13.0 Å². The summed E-state index contributed by atoms with van der Waals surface area (Å²) in [5, 5.41) is 3.11. The van der Waals surface area contributed by atoms with Crippen LogP contribution in [0.2, 0.25) is 0 Å². The van der Waals surface area contributed by atoms with Crippen molar-refractivity contribution in [1.29, 1.82) is 0 Å². The standard InChI is InChI=1S/C8H13N3/c1-6(10-2)7-3-4-11-5-8(7)9/h3-6,10H,9H2,1-2H3/t6-/m0/s1. The third-order valence-electron chi connectivity index (χ3n) is 1.79. The van der Waals surface area contributed by atoms with Gasteiger partial charge in [-0.15, -0.1) is 0 Å². The van der Waals surface area contributed by atoms with Gasteiger partial charge in [0.1, 0.15) is 0 Å². The lowest BCUT2D eigenvalue weighted by molar-refractivity contribution is 0.653. The van der Waals surface area contributed by atoms with E-state index in [-0.39, 0.29) is 6.04 Å². The molecule has 1 heterocycles. The van der Waals surface area contributed by atoms with Crippen LogP contribution in [0, 0.1) is 0 Å². The zero-order valence-corrected chi connectivity index (χ0v) is 6.83. The molecule has 0 bridgehead atoms. The first-order valence-corrected chi connectivity index (χ1v) is 3.62. The third-order valence-corrected chi connectivity index (χ3v) is 1.79. The highest BCUT2D eigenvalue weighted by Gasteiger charge is 2.04. The van der Waals surface area contributed by atoms with Gasteiger partial charge >= 0.3 is 0 Å². The zero-order chi connectivity index (χ0) is 8.27. The Morgan fingerprint density at radius 1 is 1.64 bits per heavy atom. The Balaban J connectivity index is 2.93. The summed E-state index contributed by atoms with van der Waals surface area (Å²) in [6.45, 7) is 2.06. The van der Waals surface area contributed by atoms with E-state index >= 15 is 0 Å². The topological polar surface area (TPSA) is 50.9 Å². The van der Waals surface area contributed by atoms with Crippen LogP contribution in [-0.2, 0) is 0 Å². The van der Waals surface area contributed by atoms with Crippen LogP contribution in [-0.4, -0.2) is 12.0 Å². The highest BCUT2D eigenvalue weighted by atomic mass is 14.9. The average molecular weight is 151 g/mol. The fourth-order valence-corrected chi connectivity index (χ4v) is 0.967. The van der Waals surface area contributed by atoms with E-state index in [9.17, 15) is 0 Å². The van der Waals surface area contributed by atoms with Crippen molar-refractivity contribution in [3.63, 3.8) is 0 Å². The van der Waals surface area contributed by atoms with Crippen molar-refractivity contribution in [1.82, 2.24) is 10.3 Å². The van der Waals surface area contributed by atoms with E-state index in [2.05, 4.69) is 17.2 Å². The van der Waals surface area contributed by atoms with Gasteiger partial charge in [0.25, 0.3) is 0 Å². The maximum absolute atomic E-state index is 5.69. The normalized spacial score (nSPS) is 12.9. The van der Waals surface area contributed by atoms with Crippen LogP contribution in [0.4, 0.5) is 5.69 Å². The Hall–Kier alpha value is -1.09. The molecule has 1 aromatic heterocycles. The van der Waals surface area contributed by atoms with Crippen molar-refractivity contribution in [3.8, 4) is 0 Å². The highest BCUT2D eigenvalue weighted by Crippen LogP contribution is 2.16. The lowest BCUT2D eigenvalue weighted by Gasteiger charge is -2.11. The van der Waals surface area contributed by atoms with E-state index < -0.39 is 0 Å². The van der Waals surface area contributed by atoms with Gasteiger partial charge in [-0.25, -0.2) is 0 Å². The number of nitrogens with one attached hydrogen (secondary N) is 1. The van der Waals surface area contributed by atoms with Crippen molar-refractivity contribution < 1.29 is 0 Å². The molecule has 1 aromatic rings. The maximum atomic E-state index is 5.69. The molecule has 0 amide bonds. The first-order valence-electron chi connectivity index (χ1n) is 3.62. The summed E-state index contributed by atoms with van der Waals surface area (Å²) in [5.41, 5.74) is 7.54. The summed E-state index contributed by atoms with van der Waals surface area (Å²) in [5.74, 6) is 0. The molecule has 0 fully saturated rings. The van der Waals surface area contributed by atoms with Crippen LogP contribution >= 0.6 is 0 Å². The fraction of sp³-hybridized carbons (Fsp3) is 0.375. The summed E-state index contributed by atoms with van der Waals surface area (Å²) in [6, 6.07) is 2.22. The monoisotopic (exact) mass is 151 g/mol. The van der Waals surface area contributed by atoms with E-state index in [1.165, 1.54) is 0 Å². The first kappa shape index (κ1) is 8.01. The number of hydrogen-bond acceptors (Lipinski definition) is 3. The molecule has 0 saturated heterocycles. The number of anilines is 1. The minimum absolute atomic E-state index is 0.290. The molecule has 1 rings (SSSR count). The molecule has 0 saturated carbocycles. The number of nitrogen functional groups attached to an aromatic ring is 1. The van der Waals surface area contributed by atoms with Gasteiger partial charge in [-0.2, -0.15) is 0 Å². The van der Waals surface area contributed by atoms with Gasteiger partial charge in [-0.3, -0.25) is 4.98 Å². The van der Waals surface area contributed by atoms with Crippen LogP contribution in [0.15, 0.2) is 18.5 Å². The molecular weight excluding hydrogens is 138 g/mol. The highest BCUT2D eigenvalue weighted by molar-refractivity contribution is 5.45. The number of hydrogen-bond donors (Lipinski definition) is 2. The Kier molecular flexibility index (Phi) is 2.44. The Morgan fingerprint density at radius 3 is 2.91 bits per heavy atom. The molecule has 0 aliphatic rings. The number of aromatic nitrogens is 1. The first-order chi connectivity index (χ1) is 5.25. The lowest BCUT2D eigenvalue weighted by Crippen LogP contribution is -2.14. The van der Waals surface area contributed by atoms with Crippen molar-refractivity contribution in [2.75, 3.05) is 12.8 Å². The maximum Gasteiger partial charge on any atom is 0.0548 e. The molecule has 60 valence electrons. The molecule has 1 atom stereocenters. The Bertz CT molecular complexity index is 235. The predicted molar refractivity (Wildman–Crippen MR) is 46.1 cm³/mol. The second-order valence-electron chi connectivity index (χ2n) is 2.51. The van der Waals surface area contributed by atoms with E-state index in [1.54, 1.807) is 12.4 Å². The predicted octanol–water partition coefficient (Wildman–Crippen LogP) is 0.944. The van der Waals surface area contributed by atoms with Gasteiger partial charge < -0.3 is 11.1 Å². The second-order valence-corrected chi connectivity index (χ2v) is 2.51. The number of nitrogens with two attached hydrogens (primary N) is 1. The fourth-order valence-electron chi connectivity index (χ4n) is 0.967. The molecule has 11 heavy (non-hydrogen) atoms. The zero-order valence-electron chi connectivity index (χ0n) is 6.83. The molecule has 0 radical (unpaired) electrons. The van der Waals surface area contributed by atoms with Crippen LogP contribution in [0.1, 0.15) is 18.5 Å². The summed E-state index contributed by atoms with van der Waals surface area (Å²) in [6.07, 6.45) is 3.42. The smallest absolute Gasteiger partial charge is 0.0548 e. The van der Waals surface area contributed by atoms with E-state index in [4.69, 9.17) is 5.73 Å². The molecule has 0 unspecified atom stereocenters. The van der Waals surface area contributed by atoms with Crippen molar-refractivity contribution in [2.24, 2.45) is 0 Å². The molecule has 3 N–H and O–H groups in total. The van der Waals surface area contributed by atoms with Gasteiger partial charge in [-0.1, -0.05) is 0 Å². The number of pyridine rings is 1. The quantitative estimate of drug-likeness (QED) is 0.661. The van der Waals surface area contributed by atoms with Gasteiger partial charge in [-0.05, 0) is 25.6 Å².